The second-order valence-corrected chi connectivity index (χ2v) is 5.78. The molecule has 0 spiro atoms. The molecule has 0 bridgehead atoms. The van der Waals surface area contributed by atoms with Crippen LogP contribution in [0, 0.1) is 22.5 Å². The van der Waals surface area contributed by atoms with Gasteiger partial charge in [0.05, 0.1) is 4.92 Å². The molecule has 0 atom stereocenters. The average molecular weight is 249 g/mol. The van der Waals surface area contributed by atoms with Crippen LogP contribution in [0.25, 0.3) is 0 Å². The number of aryl methyl sites for hydroxylation is 1. The van der Waals surface area contributed by atoms with Crippen LogP contribution in [-0.2, 0) is 0 Å². The fourth-order valence-corrected chi connectivity index (χ4v) is 2.59. The van der Waals surface area contributed by atoms with Crippen LogP contribution in [0.15, 0.2) is 12.3 Å². The smallest absolute Gasteiger partial charge is 0.287 e. The molecular formula is C13H19N3O2. The van der Waals surface area contributed by atoms with Gasteiger partial charge in [-0.05, 0) is 30.7 Å². The number of rotatable bonds is 2. The van der Waals surface area contributed by atoms with Gasteiger partial charge in [-0.25, -0.2) is 4.98 Å². The van der Waals surface area contributed by atoms with Crippen molar-refractivity contribution in [3.63, 3.8) is 0 Å². The summed E-state index contributed by atoms with van der Waals surface area (Å²) in [6.45, 7) is 8.32. The van der Waals surface area contributed by atoms with Crippen LogP contribution in [0.2, 0.25) is 0 Å². The maximum absolute atomic E-state index is 10.7. The molecule has 1 fully saturated rings. The van der Waals surface area contributed by atoms with E-state index in [-0.39, 0.29) is 11.1 Å². The second kappa shape index (κ2) is 4.55. The van der Waals surface area contributed by atoms with Gasteiger partial charge in [0.1, 0.15) is 12.0 Å². The molecule has 0 unspecified atom stereocenters. The summed E-state index contributed by atoms with van der Waals surface area (Å²) in [6.07, 6.45) is 3.71. The highest BCUT2D eigenvalue weighted by molar-refractivity contribution is 5.50. The van der Waals surface area contributed by atoms with E-state index in [9.17, 15) is 10.1 Å². The largest absolute Gasteiger partial charge is 0.356 e. The standard InChI is InChI=1S/C13H19N3O2/c1-10-7-11(16(17)18)8-14-12(10)15-6-4-5-13(2,3)9-15/h7-8H,4-6,9H2,1-3H3. The van der Waals surface area contributed by atoms with E-state index in [1.54, 1.807) is 6.07 Å². The molecule has 2 rings (SSSR count). The van der Waals surface area contributed by atoms with Gasteiger partial charge in [-0.3, -0.25) is 10.1 Å². The van der Waals surface area contributed by atoms with Crippen LogP contribution >= 0.6 is 0 Å². The lowest BCUT2D eigenvalue weighted by molar-refractivity contribution is -0.385. The second-order valence-electron chi connectivity index (χ2n) is 5.78. The summed E-state index contributed by atoms with van der Waals surface area (Å²) in [4.78, 5) is 16.8. The summed E-state index contributed by atoms with van der Waals surface area (Å²) in [5.41, 5.74) is 1.23. The van der Waals surface area contributed by atoms with Gasteiger partial charge < -0.3 is 4.90 Å². The Balaban J connectivity index is 2.26. The molecule has 18 heavy (non-hydrogen) atoms. The first-order chi connectivity index (χ1) is 8.39. The normalized spacial score (nSPS) is 18.7. The zero-order chi connectivity index (χ0) is 13.3. The maximum Gasteiger partial charge on any atom is 0.287 e. The summed E-state index contributed by atoms with van der Waals surface area (Å²) >= 11 is 0. The van der Waals surface area contributed by atoms with E-state index < -0.39 is 4.92 Å². The summed E-state index contributed by atoms with van der Waals surface area (Å²) in [5.74, 6) is 0.883. The maximum atomic E-state index is 10.7. The van der Waals surface area contributed by atoms with Gasteiger partial charge in [-0.2, -0.15) is 0 Å². The van der Waals surface area contributed by atoms with Gasteiger partial charge in [-0.1, -0.05) is 13.8 Å². The molecule has 0 N–H and O–H groups in total. The molecule has 0 amide bonds. The van der Waals surface area contributed by atoms with E-state index in [1.165, 1.54) is 12.6 Å². The first kappa shape index (κ1) is 12.8. The van der Waals surface area contributed by atoms with Gasteiger partial charge in [0.15, 0.2) is 0 Å². The molecule has 98 valence electrons. The molecule has 2 heterocycles. The highest BCUT2D eigenvalue weighted by Crippen LogP contribution is 2.32. The molecular weight excluding hydrogens is 230 g/mol. The fourth-order valence-electron chi connectivity index (χ4n) is 2.59. The molecule has 5 nitrogen and oxygen atoms in total. The average Bonchev–Trinajstić information content (AvgIpc) is 2.27. The zero-order valence-corrected chi connectivity index (χ0v) is 11.1. The van der Waals surface area contributed by atoms with Gasteiger partial charge >= 0.3 is 0 Å². The molecule has 1 saturated heterocycles. The van der Waals surface area contributed by atoms with Crippen molar-refractivity contribution in [2.24, 2.45) is 5.41 Å². The highest BCUT2D eigenvalue weighted by Gasteiger charge is 2.28. The molecule has 1 aliphatic heterocycles. The summed E-state index contributed by atoms with van der Waals surface area (Å²) in [5, 5.41) is 10.7. The van der Waals surface area contributed by atoms with Crippen LogP contribution in [0.1, 0.15) is 32.3 Å². The quantitative estimate of drug-likeness (QED) is 0.597. The Labute approximate surface area is 107 Å². The molecule has 0 saturated carbocycles. The lowest BCUT2D eigenvalue weighted by Gasteiger charge is -2.39. The van der Waals surface area contributed by atoms with E-state index in [0.29, 0.717) is 0 Å². The molecule has 0 aliphatic carbocycles. The van der Waals surface area contributed by atoms with Crippen molar-refractivity contribution in [3.8, 4) is 0 Å². The van der Waals surface area contributed by atoms with E-state index in [4.69, 9.17) is 0 Å². The van der Waals surface area contributed by atoms with Crippen LogP contribution in [0.4, 0.5) is 11.5 Å². The number of nitrogens with zero attached hydrogens (tertiary/aromatic N) is 3. The SMILES string of the molecule is Cc1cc([N+](=O)[O-])cnc1N1CCCC(C)(C)C1. The van der Waals surface area contributed by atoms with Crippen molar-refractivity contribution in [2.45, 2.75) is 33.6 Å². The molecule has 1 aliphatic rings. The molecule has 0 aromatic carbocycles. The Hall–Kier alpha value is -1.65. The minimum Gasteiger partial charge on any atom is -0.356 e. The van der Waals surface area contributed by atoms with Gasteiger partial charge in [0, 0.05) is 19.2 Å². The number of pyridine rings is 1. The predicted octanol–water partition coefficient (Wildman–Crippen LogP) is 2.92. The van der Waals surface area contributed by atoms with Gasteiger partial charge in [-0.15, -0.1) is 0 Å². The lowest BCUT2D eigenvalue weighted by atomic mass is 9.84. The lowest BCUT2D eigenvalue weighted by Crippen LogP contribution is -2.40. The summed E-state index contributed by atoms with van der Waals surface area (Å²) < 4.78 is 0. The minimum atomic E-state index is -0.399. The van der Waals surface area contributed by atoms with E-state index in [1.807, 2.05) is 6.92 Å². The van der Waals surface area contributed by atoms with Crippen LogP contribution < -0.4 is 4.90 Å². The number of nitro groups is 1. The summed E-state index contributed by atoms with van der Waals surface area (Å²) in [7, 11) is 0. The van der Waals surface area contributed by atoms with Crippen molar-refractivity contribution >= 4 is 11.5 Å². The Morgan fingerprint density at radius 1 is 1.50 bits per heavy atom. The van der Waals surface area contributed by atoms with Gasteiger partial charge in [0.2, 0.25) is 0 Å². The monoisotopic (exact) mass is 249 g/mol. The number of piperidine rings is 1. The molecule has 0 radical (unpaired) electrons. The minimum absolute atomic E-state index is 0.0625. The molecule has 1 aromatic heterocycles. The van der Waals surface area contributed by atoms with Crippen molar-refractivity contribution in [1.82, 2.24) is 4.98 Å². The first-order valence-corrected chi connectivity index (χ1v) is 6.25. The van der Waals surface area contributed by atoms with Crippen molar-refractivity contribution in [2.75, 3.05) is 18.0 Å². The third-order valence-electron chi connectivity index (χ3n) is 3.45. The van der Waals surface area contributed by atoms with Crippen molar-refractivity contribution < 1.29 is 4.92 Å². The number of aromatic nitrogens is 1. The molecule has 1 aromatic rings. The van der Waals surface area contributed by atoms with E-state index in [2.05, 4.69) is 23.7 Å². The Morgan fingerprint density at radius 3 is 2.78 bits per heavy atom. The summed E-state index contributed by atoms with van der Waals surface area (Å²) in [6, 6.07) is 1.60. The van der Waals surface area contributed by atoms with Crippen LogP contribution in [0.5, 0.6) is 0 Å². The Morgan fingerprint density at radius 2 is 2.22 bits per heavy atom. The number of hydrogen-bond donors (Lipinski definition) is 0. The first-order valence-electron chi connectivity index (χ1n) is 6.25. The number of anilines is 1. The van der Waals surface area contributed by atoms with Crippen LogP contribution in [-0.4, -0.2) is 23.0 Å². The van der Waals surface area contributed by atoms with Crippen molar-refractivity contribution in [3.05, 3.63) is 27.9 Å². The molecule has 5 heteroatoms. The Bertz CT molecular complexity index is 471. The van der Waals surface area contributed by atoms with Crippen molar-refractivity contribution in [1.29, 1.82) is 0 Å². The van der Waals surface area contributed by atoms with Gasteiger partial charge in [0.25, 0.3) is 5.69 Å². The van der Waals surface area contributed by atoms with E-state index >= 15 is 0 Å². The Kier molecular flexibility index (Phi) is 3.24. The topological polar surface area (TPSA) is 59.3 Å². The third-order valence-corrected chi connectivity index (χ3v) is 3.45. The number of hydrogen-bond acceptors (Lipinski definition) is 4. The van der Waals surface area contributed by atoms with E-state index in [0.717, 1.165) is 30.9 Å². The highest BCUT2D eigenvalue weighted by atomic mass is 16.6. The third kappa shape index (κ3) is 2.60. The fraction of sp³-hybridized carbons (Fsp3) is 0.615. The zero-order valence-electron chi connectivity index (χ0n) is 11.1. The predicted molar refractivity (Wildman–Crippen MR) is 70.9 cm³/mol. The van der Waals surface area contributed by atoms with Crippen LogP contribution in [0.3, 0.4) is 0 Å².